The summed E-state index contributed by atoms with van der Waals surface area (Å²) in [6.07, 6.45) is -4.84. The van der Waals surface area contributed by atoms with E-state index in [-0.39, 0.29) is 4.47 Å². The van der Waals surface area contributed by atoms with Crippen molar-refractivity contribution in [2.75, 3.05) is 0 Å². The average molecular weight is 332 g/mol. The first kappa shape index (κ1) is 11.7. The van der Waals surface area contributed by atoms with Crippen molar-refractivity contribution in [3.05, 3.63) is 32.7 Å². The van der Waals surface area contributed by atoms with Gasteiger partial charge in [0.2, 0.25) is 0 Å². The topological polar surface area (TPSA) is 17.1 Å². The van der Waals surface area contributed by atoms with Crippen LogP contribution in [-0.2, 0) is 0 Å². The van der Waals surface area contributed by atoms with Crippen molar-refractivity contribution in [1.29, 1.82) is 0 Å². The summed E-state index contributed by atoms with van der Waals surface area (Å²) < 4.78 is 36.7. The van der Waals surface area contributed by atoms with E-state index in [2.05, 4.69) is 31.9 Å². The van der Waals surface area contributed by atoms with Gasteiger partial charge in [-0.2, -0.15) is 13.2 Å². The molecule has 0 atom stereocenters. The van der Waals surface area contributed by atoms with Gasteiger partial charge in [0.15, 0.2) is 0 Å². The maximum Gasteiger partial charge on any atom is 0.454 e. The van der Waals surface area contributed by atoms with E-state index in [1.54, 1.807) is 0 Å². The van der Waals surface area contributed by atoms with E-state index < -0.39 is 17.5 Å². The fraction of sp³-hybridized carbons (Fsp3) is 0.125. The predicted octanol–water partition coefficient (Wildman–Crippen LogP) is 3.96. The lowest BCUT2D eigenvalue weighted by atomic mass is 10.1. The van der Waals surface area contributed by atoms with Crippen LogP contribution in [0.4, 0.5) is 13.2 Å². The van der Waals surface area contributed by atoms with Crippen molar-refractivity contribution >= 4 is 37.6 Å². The van der Waals surface area contributed by atoms with Gasteiger partial charge < -0.3 is 0 Å². The summed E-state index contributed by atoms with van der Waals surface area (Å²) in [5, 5.41) is 0. The number of rotatable bonds is 1. The lowest BCUT2D eigenvalue weighted by Gasteiger charge is -2.07. The van der Waals surface area contributed by atoms with Crippen molar-refractivity contribution in [3.8, 4) is 0 Å². The zero-order valence-corrected chi connectivity index (χ0v) is 9.70. The number of alkyl halides is 3. The maximum atomic E-state index is 12.1. The Bertz CT molecular complexity index is 373. The van der Waals surface area contributed by atoms with Gasteiger partial charge in [0.25, 0.3) is 5.78 Å². The van der Waals surface area contributed by atoms with Crippen LogP contribution in [0.2, 0.25) is 0 Å². The minimum absolute atomic E-state index is 0.113. The quantitative estimate of drug-likeness (QED) is 0.712. The SMILES string of the molecule is O=C(c1cccc(Br)c1Br)C(F)(F)F. The number of benzene rings is 1. The van der Waals surface area contributed by atoms with Gasteiger partial charge in [-0.1, -0.05) is 6.07 Å². The molecular weight excluding hydrogens is 329 g/mol. The molecule has 0 aromatic heterocycles. The third-order valence-corrected chi connectivity index (χ3v) is 3.50. The van der Waals surface area contributed by atoms with Crippen molar-refractivity contribution in [1.82, 2.24) is 0 Å². The van der Waals surface area contributed by atoms with Crippen LogP contribution < -0.4 is 0 Å². The fourth-order valence-corrected chi connectivity index (χ4v) is 1.64. The summed E-state index contributed by atoms with van der Waals surface area (Å²) in [6.45, 7) is 0. The lowest BCUT2D eigenvalue weighted by Crippen LogP contribution is -2.23. The van der Waals surface area contributed by atoms with Crippen molar-refractivity contribution in [2.24, 2.45) is 0 Å². The Labute approximate surface area is 94.6 Å². The van der Waals surface area contributed by atoms with Gasteiger partial charge in [-0.05, 0) is 44.0 Å². The maximum absolute atomic E-state index is 12.1. The van der Waals surface area contributed by atoms with Gasteiger partial charge in [-0.25, -0.2) is 0 Å². The normalized spacial score (nSPS) is 11.5. The largest absolute Gasteiger partial charge is 0.454 e. The summed E-state index contributed by atoms with van der Waals surface area (Å²) in [5.41, 5.74) is -0.396. The van der Waals surface area contributed by atoms with Crippen LogP contribution in [0.5, 0.6) is 0 Å². The molecule has 1 rings (SSSR count). The second kappa shape index (κ2) is 4.02. The lowest BCUT2D eigenvalue weighted by molar-refractivity contribution is -0.0885. The van der Waals surface area contributed by atoms with Crippen LogP contribution in [0.25, 0.3) is 0 Å². The van der Waals surface area contributed by atoms with Gasteiger partial charge >= 0.3 is 6.18 Å². The first-order valence-corrected chi connectivity index (χ1v) is 4.98. The number of hydrogen-bond acceptors (Lipinski definition) is 1. The summed E-state index contributed by atoms with van der Waals surface area (Å²) in [7, 11) is 0. The van der Waals surface area contributed by atoms with Crippen LogP contribution in [0.15, 0.2) is 27.1 Å². The van der Waals surface area contributed by atoms with Crippen molar-refractivity contribution in [3.63, 3.8) is 0 Å². The van der Waals surface area contributed by atoms with Gasteiger partial charge in [-0.15, -0.1) is 0 Å². The van der Waals surface area contributed by atoms with Crippen molar-refractivity contribution in [2.45, 2.75) is 6.18 Å². The second-order valence-corrected chi connectivity index (χ2v) is 4.08. The molecule has 0 saturated carbocycles. The molecule has 0 N–H and O–H groups in total. The van der Waals surface area contributed by atoms with E-state index in [4.69, 9.17) is 0 Å². The van der Waals surface area contributed by atoms with E-state index in [0.717, 1.165) is 6.07 Å². The highest BCUT2D eigenvalue weighted by atomic mass is 79.9. The van der Waals surface area contributed by atoms with E-state index in [1.807, 2.05) is 0 Å². The molecule has 0 radical (unpaired) electrons. The van der Waals surface area contributed by atoms with Crippen LogP contribution in [0, 0.1) is 0 Å². The number of ketones is 1. The summed E-state index contributed by atoms with van der Waals surface area (Å²) in [5.74, 6) is -1.86. The molecule has 0 aliphatic carbocycles. The Hall–Kier alpha value is -0.360. The van der Waals surface area contributed by atoms with Gasteiger partial charge in [0.05, 0.1) is 0 Å². The van der Waals surface area contributed by atoms with Crippen LogP contribution in [-0.4, -0.2) is 12.0 Å². The Kier molecular flexibility index (Phi) is 3.36. The molecule has 0 aliphatic rings. The Morgan fingerprint density at radius 2 is 1.79 bits per heavy atom. The Morgan fingerprint density at radius 1 is 1.21 bits per heavy atom. The third kappa shape index (κ3) is 2.36. The summed E-state index contributed by atoms with van der Waals surface area (Å²) in [6, 6.07) is 4.02. The molecule has 1 nitrogen and oxygen atoms in total. The molecule has 1 aromatic rings. The zero-order valence-electron chi connectivity index (χ0n) is 6.53. The van der Waals surface area contributed by atoms with Gasteiger partial charge in [-0.3, -0.25) is 4.79 Å². The Morgan fingerprint density at radius 3 is 2.29 bits per heavy atom. The predicted molar refractivity (Wildman–Crippen MR) is 52.2 cm³/mol. The molecule has 0 heterocycles. The number of halogens is 5. The number of carbonyl (C=O) groups excluding carboxylic acids is 1. The summed E-state index contributed by atoms with van der Waals surface area (Å²) >= 11 is 5.92. The van der Waals surface area contributed by atoms with Crippen LogP contribution >= 0.6 is 31.9 Å². The molecule has 0 fully saturated rings. The minimum Gasteiger partial charge on any atom is -0.284 e. The average Bonchev–Trinajstić information content (AvgIpc) is 2.07. The Balaban J connectivity index is 3.21. The standard InChI is InChI=1S/C8H3Br2F3O/c9-5-3-1-2-4(6(5)10)7(14)8(11,12)13/h1-3H. The molecular formula is C8H3Br2F3O. The zero-order chi connectivity index (χ0) is 10.9. The van der Waals surface area contributed by atoms with Crippen LogP contribution in [0.1, 0.15) is 10.4 Å². The molecule has 14 heavy (non-hydrogen) atoms. The first-order chi connectivity index (χ1) is 6.34. The van der Waals surface area contributed by atoms with Crippen LogP contribution in [0.3, 0.4) is 0 Å². The van der Waals surface area contributed by atoms with Gasteiger partial charge in [0, 0.05) is 14.5 Å². The van der Waals surface area contributed by atoms with E-state index >= 15 is 0 Å². The highest BCUT2D eigenvalue weighted by molar-refractivity contribution is 9.13. The molecule has 6 heteroatoms. The molecule has 0 spiro atoms. The number of carbonyl (C=O) groups is 1. The molecule has 0 unspecified atom stereocenters. The molecule has 1 aromatic carbocycles. The monoisotopic (exact) mass is 330 g/mol. The fourth-order valence-electron chi connectivity index (χ4n) is 0.832. The second-order valence-electron chi connectivity index (χ2n) is 2.43. The molecule has 0 aliphatic heterocycles. The highest BCUT2D eigenvalue weighted by Crippen LogP contribution is 2.31. The third-order valence-electron chi connectivity index (χ3n) is 1.45. The van der Waals surface area contributed by atoms with E-state index in [9.17, 15) is 18.0 Å². The summed E-state index contributed by atoms with van der Waals surface area (Å²) in [4.78, 5) is 10.9. The molecule has 76 valence electrons. The van der Waals surface area contributed by atoms with Gasteiger partial charge in [0.1, 0.15) is 0 Å². The van der Waals surface area contributed by atoms with E-state index in [1.165, 1.54) is 12.1 Å². The smallest absolute Gasteiger partial charge is 0.284 e. The highest BCUT2D eigenvalue weighted by Gasteiger charge is 2.40. The van der Waals surface area contributed by atoms with Crippen molar-refractivity contribution < 1.29 is 18.0 Å². The molecule has 0 amide bonds. The molecule has 0 bridgehead atoms. The van der Waals surface area contributed by atoms with E-state index in [0.29, 0.717) is 4.47 Å². The minimum atomic E-state index is -4.84. The number of hydrogen-bond donors (Lipinski definition) is 0. The first-order valence-electron chi connectivity index (χ1n) is 3.39. The molecule has 0 saturated heterocycles. The number of Topliss-reactive ketones (excluding diaryl/α,β-unsaturated/α-hetero) is 1.